The van der Waals surface area contributed by atoms with E-state index in [2.05, 4.69) is 31.4 Å². The van der Waals surface area contributed by atoms with E-state index in [1.54, 1.807) is 0 Å². The van der Waals surface area contributed by atoms with Crippen LogP contribution in [-0.2, 0) is 5.41 Å². The number of hydrogen-bond acceptors (Lipinski definition) is 3. The van der Waals surface area contributed by atoms with Crippen molar-refractivity contribution in [1.29, 1.82) is 0 Å². The van der Waals surface area contributed by atoms with Crippen molar-refractivity contribution in [2.24, 2.45) is 0 Å². The lowest BCUT2D eigenvalue weighted by Gasteiger charge is -2.46. The predicted octanol–water partition coefficient (Wildman–Crippen LogP) is 4.08. The Balaban J connectivity index is 1.46. The molecule has 0 aromatic heterocycles. The highest BCUT2D eigenvalue weighted by atomic mass is 16.2. The molecule has 2 aliphatic heterocycles. The minimum Gasteiger partial charge on any atom is -0.362 e. The van der Waals surface area contributed by atoms with E-state index in [0.717, 1.165) is 22.4 Å². The van der Waals surface area contributed by atoms with Crippen LogP contribution >= 0.6 is 0 Å². The highest BCUT2D eigenvalue weighted by Crippen LogP contribution is 2.33. The molecule has 0 saturated carbocycles. The van der Waals surface area contributed by atoms with Crippen LogP contribution in [-0.4, -0.2) is 35.5 Å². The maximum atomic E-state index is 13.0. The Morgan fingerprint density at radius 2 is 1.66 bits per heavy atom. The Morgan fingerprint density at radius 1 is 1.00 bits per heavy atom. The summed E-state index contributed by atoms with van der Waals surface area (Å²) in [7, 11) is 0. The second-order valence-corrected chi connectivity index (χ2v) is 9.28. The number of carbonyl (C=O) groups is 2. The summed E-state index contributed by atoms with van der Waals surface area (Å²) < 4.78 is 0. The minimum absolute atomic E-state index is 0.0330. The molecule has 2 N–H and O–H groups in total. The molecular formula is C24H29N3O2. The molecule has 2 heterocycles. The van der Waals surface area contributed by atoms with Gasteiger partial charge in [0.05, 0.1) is 5.56 Å². The van der Waals surface area contributed by atoms with Crippen LogP contribution in [0.25, 0.3) is 0 Å². The quantitative estimate of drug-likeness (QED) is 0.770. The first kappa shape index (κ1) is 19.5. The SMILES string of the molecule is Cc1cccc2c1C(=O)NC1(CCN(C(=O)c3ccc(C(C)(C)C)cc3)CC1)N2. The van der Waals surface area contributed by atoms with Crippen LogP contribution in [0.15, 0.2) is 42.5 Å². The Hall–Kier alpha value is -2.82. The van der Waals surface area contributed by atoms with Crippen molar-refractivity contribution in [3.63, 3.8) is 0 Å². The number of rotatable bonds is 1. The highest BCUT2D eigenvalue weighted by molar-refractivity contribution is 6.03. The molecule has 5 nitrogen and oxygen atoms in total. The average Bonchev–Trinajstić information content (AvgIpc) is 2.67. The number of piperidine rings is 1. The molecule has 0 bridgehead atoms. The molecule has 0 aliphatic carbocycles. The minimum atomic E-state index is -0.481. The maximum Gasteiger partial charge on any atom is 0.255 e. The lowest BCUT2D eigenvalue weighted by Crippen LogP contribution is -2.62. The van der Waals surface area contributed by atoms with Gasteiger partial charge < -0.3 is 15.5 Å². The summed E-state index contributed by atoms with van der Waals surface area (Å²) in [6, 6.07) is 13.8. The monoisotopic (exact) mass is 391 g/mol. The van der Waals surface area contributed by atoms with E-state index in [9.17, 15) is 9.59 Å². The number of nitrogens with one attached hydrogen (secondary N) is 2. The topological polar surface area (TPSA) is 61.4 Å². The first-order chi connectivity index (χ1) is 13.7. The molecule has 29 heavy (non-hydrogen) atoms. The molecule has 2 aromatic carbocycles. The van der Waals surface area contributed by atoms with Crippen molar-refractivity contribution in [2.75, 3.05) is 18.4 Å². The predicted molar refractivity (Wildman–Crippen MR) is 115 cm³/mol. The molecule has 2 aromatic rings. The Labute approximate surface area is 172 Å². The van der Waals surface area contributed by atoms with Gasteiger partial charge in [0.25, 0.3) is 11.8 Å². The van der Waals surface area contributed by atoms with E-state index >= 15 is 0 Å². The van der Waals surface area contributed by atoms with Crippen molar-refractivity contribution in [3.8, 4) is 0 Å². The summed E-state index contributed by atoms with van der Waals surface area (Å²) in [4.78, 5) is 27.5. The van der Waals surface area contributed by atoms with Crippen LogP contribution in [0.3, 0.4) is 0 Å². The van der Waals surface area contributed by atoms with Crippen LogP contribution in [0.1, 0.15) is 65.5 Å². The van der Waals surface area contributed by atoms with Crippen LogP contribution < -0.4 is 10.6 Å². The molecule has 1 spiro atoms. The summed E-state index contributed by atoms with van der Waals surface area (Å²) in [6.45, 7) is 9.66. The van der Waals surface area contributed by atoms with Crippen LogP contribution in [0.4, 0.5) is 5.69 Å². The van der Waals surface area contributed by atoms with Crippen LogP contribution in [0.5, 0.6) is 0 Å². The molecule has 4 rings (SSSR count). The third kappa shape index (κ3) is 3.61. The molecule has 5 heteroatoms. The standard InChI is InChI=1S/C24H29N3O2/c1-16-6-5-7-19-20(16)21(28)26-24(25-19)12-14-27(15-13-24)22(29)17-8-10-18(11-9-17)23(2,3)4/h5-11,25H,12-15H2,1-4H3,(H,26,28). The van der Waals surface area contributed by atoms with E-state index in [1.165, 1.54) is 5.56 Å². The summed E-state index contributed by atoms with van der Waals surface area (Å²) in [6.07, 6.45) is 1.36. The number of carbonyl (C=O) groups excluding carboxylic acids is 2. The van der Waals surface area contributed by atoms with E-state index in [0.29, 0.717) is 25.9 Å². The molecule has 0 atom stereocenters. The maximum absolute atomic E-state index is 13.0. The number of nitrogens with zero attached hydrogens (tertiary/aromatic N) is 1. The van der Waals surface area contributed by atoms with Gasteiger partial charge in [0.2, 0.25) is 0 Å². The molecule has 152 valence electrons. The average molecular weight is 392 g/mol. The summed E-state index contributed by atoms with van der Waals surface area (Å²) >= 11 is 0. The zero-order valence-electron chi connectivity index (χ0n) is 17.6. The molecule has 1 fully saturated rings. The largest absolute Gasteiger partial charge is 0.362 e. The number of anilines is 1. The molecule has 1 saturated heterocycles. The first-order valence-electron chi connectivity index (χ1n) is 10.3. The fourth-order valence-corrected chi connectivity index (χ4v) is 4.28. The first-order valence-corrected chi connectivity index (χ1v) is 10.3. The van der Waals surface area contributed by atoms with Gasteiger partial charge >= 0.3 is 0 Å². The summed E-state index contributed by atoms with van der Waals surface area (Å²) in [5, 5.41) is 6.70. The van der Waals surface area contributed by atoms with Crippen molar-refractivity contribution < 1.29 is 9.59 Å². The van der Waals surface area contributed by atoms with Gasteiger partial charge in [-0.1, -0.05) is 45.0 Å². The second kappa shape index (κ2) is 6.90. The van der Waals surface area contributed by atoms with Crippen LogP contribution in [0, 0.1) is 6.92 Å². The lowest BCUT2D eigenvalue weighted by atomic mass is 9.86. The van der Waals surface area contributed by atoms with E-state index in [1.807, 2.05) is 54.3 Å². The number of amides is 2. The smallest absolute Gasteiger partial charge is 0.255 e. The number of benzene rings is 2. The number of aryl methyl sites for hydroxylation is 1. The van der Waals surface area contributed by atoms with E-state index < -0.39 is 5.66 Å². The molecular weight excluding hydrogens is 362 g/mol. The molecule has 0 radical (unpaired) electrons. The third-order valence-electron chi connectivity index (χ3n) is 6.13. The van der Waals surface area contributed by atoms with Crippen molar-refractivity contribution in [3.05, 3.63) is 64.7 Å². The van der Waals surface area contributed by atoms with Gasteiger partial charge in [-0.25, -0.2) is 0 Å². The Morgan fingerprint density at radius 3 is 2.28 bits per heavy atom. The zero-order chi connectivity index (χ0) is 20.8. The fraction of sp³-hybridized carbons (Fsp3) is 0.417. The van der Waals surface area contributed by atoms with E-state index in [-0.39, 0.29) is 17.2 Å². The highest BCUT2D eigenvalue weighted by Gasteiger charge is 2.41. The zero-order valence-corrected chi connectivity index (χ0v) is 17.6. The number of likely N-dealkylation sites (tertiary alicyclic amines) is 1. The summed E-state index contributed by atoms with van der Waals surface area (Å²) in [5.74, 6) is 0.0214. The van der Waals surface area contributed by atoms with Gasteiger partial charge in [0.1, 0.15) is 5.66 Å². The van der Waals surface area contributed by atoms with Gasteiger partial charge in [0.15, 0.2) is 0 Å². The van der Waals surface area contributed by atoms with E-state index in [4.69, 9.17) is 0 Å². The normalized spacial score (nSPS) is 18.1. The molecule has 2 aliphatic rings. The van der Waals surface area contributed by atoms with Gasteiger partial charge in [-0.2, -0.15) is 0 Å². The second-order valence-electron chi connectivity index (χ2n) is 9.28. The van der Waals surface area contributed by atoms with Crippen molar-refractivity contribution in [1.82, 2.24) is 10.2 Å². The fourth-order valence-electron chi connectivity index (χ4n) is 4.28. The number of fused-ring (bicyclic) bond motifs is 1. The van der Waals surface area contributed by atoms with Gasteiger partial charge in [-0.3, -0.25) is 9.59 Å². The van der Waals surface area contributed by atoms with Crippen molar-refractivity contribution in [2.45, 2.75) is 51.6 Å². The Bertz CT molecular complexity index is 949. The molecule has 2 amide bonds. The van der Waals surface area contributed by atoms with Gasteiger partial charge in [-0.15, -0.1) is 0 Å². The summed E-state index contributed by atoms with van der Waals surface area (Å²) in [5.41, 5.74) is 4.09. The lowest BCUT2D eigenvalue weighted by molar-refractivity contribution is 0.0639. The molecule has 0 unspecified atom stereocenters. The number of hydrogen-bond donors (Lipinski definition) is 2. The van der Waals surface area contributed by atoms with Crippen molar-refractivity contribution >= 4 is 17.5 Å². The van der Waals surface area contributed by atoms with Crippen LogP contribution in [0.2, 0.25) is 0 Å². The third-order valence-corrected chi connectivity index (χ3v) is 6.13. The van der Waals surface area contributed by atoms with Gasteiger partial charge in [-0.05, 0) is 41.7 Å². The van der Waals surface area contributed by atoms with Gasteiger partial charge in [0, 0.05) is 37.2 Å². The Kier molecular flexibility index (Phi) is 4.64.